The van der Waals surface area contributed by atoms with Gasteiger partial charge in [0.25, 0.3) is 5.56 Å². The van der Waals surface area contributed by atoms with Crippen LogP contribution in [0.1, 0.15) is 16.8 Å². The van der Waals surface area contributed by atoms with E-state index in [0.29, 0.717) is 12.4 Å². The molecule has 0 bridgehead atoms. The van der Waals surface area contributed by atoms with Gasteiger partial charge in [-0.25, -0.2) is 4.98 Å². The first-order chi connectivity index (χ1) is 10.6. The number of aromatic amines is 1. The molecule has 0 atom stereocenters. The van der Waals surface area contributed by atoms with Crippen molar-refractivity contribution < 1.29 is 0 Å². The average molecular weight is 298 g/mol. The fourth-order valence-corrected chi connectivity index (χ4v) is 2.77. The van der Waals surface area contributed by atoms with Crippen LogP contribution < -0.4 is 10.5 Å². The molecule has 2 aromatic rings. The van der Waals surface area contributed by atoms with Crippen molar-refractivity contribution in [2.45, 2.75) is 13.3 Å². The standard InChI is InChI=1S/C17H22N4O/c1-13-15(12-14-6-4-3-5-7-14)16(22)19-17(18-13)21-10-8-20(2)9-11-21/h3-7H,8-12H2,1-2H3,(H,18,19,22). The molecule has 3 rings (SSSR count). The van der Waals surface area contributed by atoms with E-state index in [0.717, 1.165) is 43.0 Å². The Balaban J connectivity index is 1.84. The first-order valence-corrected chi connectivity index (χ1v) is 7.70. The number of aryl methyl sites for hydroxylation is 1. The van der Waals surface area contributed by atoms with Crippen LogP contribution in [0, 0.1) is 6.92 Å². The molecule has 0 radical (unpaired) electrons. The summed E-state index contributed by atoms with van der Waals surface area (Å²) in [6.07, 6.45) is 0.623. The molecule has 5 heteroatoms. The van der Waals surface area contributed by atoms with Gasteiger partial charge in [0, 0.05) is 38.2 Å². The Hall–Kier alpha value is -2.14. The lowest BCUT2D eigenvalue weighted by molar-refractivity contribution is 0.311. The van der Waals surface area contributed by atoms with Crippen LogP contribution in [-0.2, 0) is 6.42 Å². The highest BCUT2D eigenvalue weighted by molar-refractivity contribution is 5.35. The molecule has 1 saturated heterocycles. The van der Waals surface area contributed by atoms with Crippen LogP contribution in [0.3, 0.4) is 0 Å². The summed E-state index contributed by atoms with van der Waals surface area (Å²) < 4.78 is 0. The van der Waals surface area contributed by atoms with E-state index < -0.39 is 0 Å². The Morgan fingerprint density at radius 2 is 1.82 bits per heavy atom. The number of aromatic nitrogens is 2. The Kier molecular flexibility index (Phi) is 4.24. The Bertz CT molecular complexity index is 688. The highest BCUT2D eigenvalue weighted by Crippen LogP contribution is 2.13. The smallest absolute Gasteiger partial charge is 0.256 e. The summed E-state index contributed by atoms with van der Waals surface area (Å²) in [7, 11) is 2.11. The Labute approximate surface area is 130 Å². The predicted octanol–water partition coefficient (Wildman–Crippen LogP) is 1.42. The largest absolute Gasteiger partial charge is 0.340 e. The van der Waals surface area contributed by atoms with E-state index >= 15 is 0 Å². The molecule has 0 spiro atoms. The van der Waals surface area contributed by atoms with Crippen LogP contribution in [0.2, 0.25) is 0 Å². The van der Waals surface area contributed by atoms with Gasteiger partial charge in [-0.3, -0.25) is 9.78 Å². The minimum absolute atomic E-state index is 0.0229. The third-order valence-electron chi connectivity index (χ3n) is 4.24. The lowest BCUT2D eigenvalue weighted by Crippen LogP contribution is -2.45. The minimum Gasteiger partial charge on any atom is -0.340 e. The summed E-state index contributed by atoms with van der Waals surface area (Å²) in [5.74, 6) is 0.701. The number of likely N-dealkylation sites (N-methyl/N-ethyl adjacent to an activating group) is 1. The summed E-state index contributed by atoms with van der Waals surface area (Å²) in [5, 5.41) is 0. The maximum Gasteiger partial charge on any atom is 0.256 e. The second kappa shape index (κ2) is 6.32. The monoisotopic (exact) mass is 298 g/mol. The second-order valence-electron chi connectivity index (χ2n) is 5.91. The number of H-pyrrole nitrogens is 1. The lowest BCUT2D eigenvalue weighted by Gasteiger charge is -2.32. The molecule has 0 amide bonds. The van der Waals surface area contributed by atoms with E-state index in [-0.39, 0.29) is 5.56 Å². The van der Waals surface area contributed by atoms with E-state index in [1.54, 1.807) is 0 Å². The van der Waals surface area contributed by atoms with Gasteiger partial charge in [-0.2, -0.15) is 0 Å². The number of nitrogens with one attached hydrogen (secondary N) is 1. The summed E-state index contributed by atoms with van der Waals surface area (Å²) in [6, 6.07) is 10.0. The van der Waals surface area contributed by atoms with E-state index in [4.69, 9.17) is 0 Å². The Morgan fingerprint density at radius 3 is 2.45 bits per heavy atom. The van der Waals surface area contributed by atoms with E-state index in [1.807, 2.05) is 37.3 Å². The molecule has 1 aliphatic heterocycles. The SMILES string of the molecule is Cc1nc(N2CCN(C)CC2)[nH]c(=O)c1Cc1ccccc1. The van der Waals surface area contributed by atoms with Gasteiger partial charge in [0.2, 0.25) is 5.95 Å². The third kappa shape index (κ3) is 3.20. The number of benzene rings is 1. The molecular formula is C17H22N4O. The zero-order chi connectivity index (χ0) is 15.5. The minimum atomic E-state index is -0.0229. The fourth-order valence-electron chi connectivity index (χ4n) is 2.77. The molecule has 0 saturated carbocycles. The van der Waals surface area contributed by atoms with Crippen LogP contribution in [-0.4, -0.2) is 48.1 Å². The van der Waals surface area contributed by atoms with Crippen molar-refractivity contribution in [1.82, 2.24) is 14.9 Å². The number of piperazine rings is 1. The molecule has 2 heterocycles. The molecule has 1 fully saturated rings. The van der Waals surface area contributed by atoms with Crippen LogP contribution in [0.15, 0.2) is 35.1 Å². The van der Waals surface area contributed by atoms with Crippen molar-refractivity contribution in [2.75, 3.05) is 38.1 Å². The van der Waals surface area contributed by atoms with Crippen LogP contribution in [0.5, 0.6) is 0 Å². The highest BCUT2D eigenvalue weighted by atomic mass is 16.1. The van der Waals surface area contributed by atoms with Gasteiger partial charge in [-0.05, 0) is 19.5 Å². The zero-order valence-electron chi connectivity index (χ0n) is 13.2. The van der Waals surface area contributed by atoms with Gasteiger partial charge in [0.1, 0.15) is 0 Å². The van der Waals surface area contributed by atoms with Gasteiger partial charge in [-0.15, -0.1) is 0 Å². The Morgan fingerprint density at radius 1 is 1.14 bits per heavy atom. The zero-order valence-corrected chi connectivity index (χ0v) is 13.2. The predicted molar refractivity (Wildman–Crippen MR) is 88.6 cm³/mol. The van der Waals surface area contributed by atoms with Crippen molar-refractivity contribution in [2.24, 2.45) is 0 Å². The molecule has 1 aliphatic rings. The molecule has 1 aromatic carbocycles. The van der Waals surface area contributed by atoms with Crippen LogP contribution in [0.4, 0.5) is 5.95 Å². The fraction of sp³-hybridized carbons (Fsp3) is 0.412. The molecule has 0 unspecified atom stereocenters. The number of nitrogens with zero attached hydrogens (tertiary/aromatic N) is 3. The summed E-state index contributed by atoms with van der Waals surface area (Å²) >= 11 is 0. The van der Waals surface area contributed by atoms with Crippen molar-refractivity contribution in [1.29, 1.82) is 0 Å². The summed E-state index contributed by atoms with van der Waals surface area (Å²) in [6.45, 7) is 5.71. The highest BCUT2D eigenvalue weighted by Gasteiger charge is 2.18. The molecule has 116 valence electrons. The van der Waals surface area contributed by atoms with Gasteiger partial charge in [0.15, 0.2) is 0 Å². The third-order valence-corrected chi connectivity index (χ3v) is 4.24. The van der Waals surface area contributed by atoms with Gasteiger partial charge < -0.3 is 9.80 Å². The first-order valence-electron chi connectivity index (χ1n) is 7.70. The number of rotatable bonds is 3. The molecular weight excluding hydrogens is 276 g/mol. The lowest BCUT2D eigenvalue weighted by atomic mass is 10.1. The summed E-state index contributed by atoms with van der Waals surface area (Å²) in [4.78, 5) is 24.5. The van der Waals surface area contributed by atoms with Gasteiger partial charge in [-0.1, -0.05) is 30.3 Å². The van der Waals surface area contributed by atoms with Gasteiger partial charge >= 0.3 is 0 Å². The number of hydrogen-bond donors (Lipinski definition) is 1. The topological polar surface area (TPSA) is 52.2 Å². The van der Waals surface area contributed by atoms with Crippen LogP contribution in [0.25, 0.3) is 0 Å². The van der Waals surface area contributed by atoms with E-state index in [1.165, 1.54) is 0 Å². The van der Waals surface area contributed by atoms with Gasteiger partial charge in [0.05, 0.1) is 5.69 Å². The maximum absolute atomic E-state index is 12.4. The molecule has 0 aliphatic carbocycles. The van der Waals surface area contributed by atoms with E-state index in [2.05, 4.69) is 26.8 Å². The second-order valence-corrected chi connectivity index (χ2v) is 5.91. The molecule has 5 nitrogen and oxygen atoms in total. The maximum atomic E-state index is 12.4. The van der Waals surface area contributed by atoms with Crippen molar-refractivity contribution in [3.05, 3.63) is 57.5 Å². The van der Waals surface area contributed by atoms with Crippen molar-refractivity contribution >= 4 is 5.95 Å². The number of hydrogen-bond acceptors (Lipinski definition) is 4. The normalized spacial score (nSPS) is 16.0. The number of anilines is 1. The quantitative estimate of drug-likeness (QED) is 0.931. The van der Waals surface area contributed by atoms with E-state index in [9.17, 15) is 4.79 Å². The summed E-state index contributed by atoms with van der Waals surface area (Å²) in [5.41, 5.74) is 2.68. The molecule has 22 heavy (non-hydrogen) atoms. The van der Waals surface area contributed by atoms with Crippen LogP contribution >= 0.6 is 0 Å². The van der Waals surface area contributed by atoms with Crippen molar-refractivity contribution in [3.8, 4) is 0 Å². The average Bonchev–Trinajstić information content (AvgIpc) is 2.52. The molecule has 1 aromatic heterocycles. The first kappa shape index (κ1) is 14.8. The molecule has 1 N–H and O–H groups in total. The van der Waals surface area contributed by atoms with Crippen molar-refractivity contribution in [3.63, 3.8) is 0 Å².